The fraction of sp³-hybridized carbons (Fsp3) is 0.444. The second-order valence-electron chi connectivity index (χ2n) is 10.8. The SMILES string of the molecule is CS(=O)(=O)N1CCc2c(c(-c3ccc(C(F)(F)F)c(C(N)=O)c3)nn2CC(O)CN2CCN(c3c(Cl)cncc3Cl)CC2)C1. The number of hydrogen-bond acceptors (Lipinski definition) is 8. The minimum atomic E-state index is -4.80. The first-order chi connectivity index (χ1) is 20.6. The zero-order valence-corrected chi connectivity index (χ0v) is 25.9. The molecular weight excluding hydrogens is 646 g/mol. The van der Waals surface area contributed by atoms with Gasteiger partial charge in [0.2, 0.25) is 15.9 Å². The largest absolute Gasteiger partial charge is 0.417 e. The molecule has 2 aromatic heterocycles. The number of alkyl halides is 3. The van der Waals surface area contributed by atoms with Crippen LogP contribution < -0.4 is 10.6 Å². The first kappa shape index (κ1) is 32.4. The molecule has 1 unspecified atom stereocenters. The van der Waals surface area contributed by atoms with Crippen LogP contribution in [0.3, 0.4) is 0 Å². The fourth-order valence-corrected chi connectivity index (χ4v) is 7.08. The highest BCUT2D eigenvalue weighted by molar-refractivity contribution is 7.88. The van der Waals surface area contributed by atoms with Gasteiger partial charge in [0.1, 0.15) is 0 Å². The lowest BCUT2D eigenvalue weighted by Gasteiger charge is -2.37. The molecule has 1 fully saturated rings. The van der Waals surface area contributed by atoms with Crippen molar-refractivity contribution in [3.05, 3.63) is 63.0 Å². The van der Waals surface area contributed by atoms with Crippen LogP contribution in [-0.2, 0) is 35.7 Å². The molecule has 44 heavy (non-hydrogen) atoms. The first-order valence-electron chi connectivity index (χ1n) is 13.6. The molecule has 1 amide bonds. The standard InChI is InChI=1S/C27H30Cl2F3N7O4S/c1-44(42,43)38-5-4-23-19(15-38)24(16-2-3-20(27(30,31)32)18(10-16)26(33)41)35-39(23)14-17(40)13-36-6-8-37(9-7-36)25-21(28)11-34-12-22(25)29/h2-3,10-12,17,40H,4-9,13-15H2,1H3,(H2,33,41). The number of aliphatic hydroxyl groups is 1. The maximum atomic E-state index is 13.5. The lowest BCUT2D eigenvalue weighted by atomic mass is 9.97. The molecule has 3 aromatic rings. The predicted molar refractivity (Wildman–Crippen MR) is 159 cm³/mol. The number of pyridine rings is 1. The van der Waals surface area contributed by atoms with Crippen molar-refractivity contribution in [2.24, 2.45) is 5.73 Å². The quantitative estimate of drug-likeness (QED) is 0.372. The Morgan fingerprint density at radius 3 is 2.34 bits per heavy atom. The van der Waals surface area contributed by atoms with Gasteiger partial charge in [0, 0.05) is 81.4 Å². The first-order valence-corrected chi connectivity index (χ1v) is 16.2. The lowest BCUT2D eigenvalue weighted by Crippen LogP contribution is -2.49. The van der Waals surface area contributed by atoms with Crippen molar-refractivity contribution in [2.45, 2.75) is 31.8 Å². The second-order valence-corrected chi connectivity index (χ2v) is 13.6. The molecule has 1 aromatic carbocycles. The van der Waals surface area contributed by atoms with Gasteiger partial charge in [0.25, 0.3) is 0 Å². The van der Waals surface area contributed by atoms with Crippen LogP contribution in [0.25, 0.3) is 11.3 Å². The molecule has 0 aliphatic carbocycles. The van der Waals surface area contributed by atoms with Gasteiger partial charge in [-0.1, -0.05) is 29.3 Å². The number of halogens is 5. The van der Waals surface area contributed by atoms with E-state index in [1.807, 2.05) is 0 Å². The Kier molecular flexibility index (Phi) is 9.18. The van der Waals surface area contributed by atoms with E-state index in [4.69, 9.17) is 28.9 Å². The van der Waals surface area contributed by atoms with Crippen LogP contribution >= 0.6 is 23.2 Å². The number of sulfonamides is 1. The summed E-state index contributed by atoms with van der Waals surface area (Å²) in [6.45, 7) is 2.98. The molecule has 1 atom stereocenters. The van der Waals surface area contributed by atoms with Crippen molar-refractivity contribution < 1.29 is 31.5 Å². The molecule has 0 saturated carbocycles. The van der Waals surface area contributed by atoms with Gasteiger partial charge in [-0.3, -0.25) is 19.4 Å². The number of carbonyl (C=O) groups excluding carboxylic acids is 1. The number of piperazine rings is 1. The van der Waals surface area contributed by atoms with Gasteiger partial charge in [-0.2, -0.15) is 22.6 Å². The minimum absolute atomic E-state index is 0.0609. The average Bonchev–Trinajstić information content (AvgIpc) is 3.30. The molecule has 3 N–H and O–H groups in total. The number of nitrogens with zero attached hydrogens (tertiary/aromatic N) is 6. The molecule has 1 saturated heterocycles. The van der Waals surface area contributed by atoms with E-state index >= 15 is 0 Å². The van der Waals surface area contributed by atoms with Gasteiger partial charge in [-0.25, -0.2) is 8.42 Å². The second kappa shape index (κ2) is 12.4. The zero-order valence-electron chi connectivity index (χ0n) is 23.6. The molecule has 0 spiro atoms. The van der Waals surface area contributed by atoms with Crippen LogP contribution in [0, 0.1) is 0 Å². The number of nitrogens with two attached hydrogens (primary N) is 1. The van der Waals surface area contributed by atoms with Crippen molar-refractivity contribution >= 4 is 44.8 Å². The summed E-state index contributed by atoms with van der Waals surface area (Å²) in [6, 6.07) is 2.96. The number of aliphatic hydroxyl groups excluding tert-OH is 1. The van der Waals surface area contributed by atoms with Gasteiger partial charge in [-0.05, 0) is 12.1 Å². The maximum absolute atomic E-state index is 13.5. The normalized spacial score (nSPS) is 17.5. The molecule has 238 valence electrons. The number of carbonyl (C=O) groups is 1. The Hall–Kier alpha value is -2.95. The maximum Gasteiger partial charge on any atom is 0.417 e. The van der Waals surface area contributed by atoms with E-state index in [0.717, 1.165) is 18.4 Å². The number of aromatic nitrogens is 3. The smallest absolute Gasteiger partial charge is 0.390 e. The number of fused-ring (bicyclic) bond motifs is 1. The van der Waals surface area contributed by atoms with Gasteiger partial charge in [-0.15, -0.1) is 0 Å². The molecule has 11 nitrogen and oxygen atoms in total. The summed E-state index contributed by atoms with van der Waals surface area (Å²) in [6.07, 6.45) is -1.25. The molecule has 4 heterocycles. The molecule has 5 rings (SSSR count). The monoisotopic (exact) mass is 675 g/mol. The van der Waals surface area contributed by atoms with Crippen LogP contribution in [0.15, 0.2) is 30.6 Å². The molecule has 0 bridgehead atoms. The summed E-state index contributed by atoms with van der Waals surface area (Å²) < 4.78 is 68.1. The van der Waals surface area contributed by atoms with E-state index in [-0.39, 0.29) is 37.3 Å². The number of anilines is 1. The average molecular weight is 677 g/mol. The Bertz CT molecular complexity index is 1660. The number of amides is 1. The predicted octanol–water partition coefficient (Wildman–Crippen LogP) is 2.87. The number of primary amides is 1. The number of rotatable bonds is 8. The van der Waals surface area contributed by atoms with E-state index < -0.39 is 39.3 Å². The summed E-state index contributed by atoms with van der Waals surface area (Å²) >= 11 is 12.6. The summed E-state index contributed by atoms with van der Waals surface area (Å²) in [4.78, 5) is 20.1. The summed E-state index contributed by atoms with van der Waals surface area (Å²) in [5.41, 5.74) is 5.64. The Balaban J connectivity index is 1.38. The van der Waals surface area contributed by atoms with Crippen LogP contribution in [-0.4, -0.2) is 95.0 Å². The third kappa shape index (κ3) is 6.82. The highest BCUT2D eigenvalue weighted by Crippen LogP contribution is 2.37. The summed E-state index contributed by atoms with van der Waals surface area (Å²) in [7, 11) is -3.58. The molecule has 0 radical (unpaired) electrons. The summed E-state index contributed by atoms with van der Waals surface area (Å²) in [5, 5.41) is 16.6. The number of hydrogen-bond donors (Lipinski definition) is 2. The van der Waals surface area contributed by atoms with Gasteiger partial charge >= 0.3 is 6.18 Å². The van der Waals surface area contributed by atoms with Crippen LogP contribution in [0.5, 0.6) is 0 Å². The van der Waals surface area contributed by atoms with Crippen molar-refractivity contribution in [3.63, 3.8) is 0 Å². The number of benzene rings is 1. The third-order valence-electron chi connectivity index (χ3n) is 7.80. The summed E-state index contributed by atoms with van der Waals surface area (Å²) in [5.74, 6) is -1.26. The van der Waals surface area contributed by atoms with Crippen LogP contribution in [0.2, 0.25) is 10.0 Å². The van der Waals surface area contributed by atoms with Crippen molar-refractivity contribution in [3.8, 4) is 11.3 Å². The van der Waals surface area contributed by atoms with Crippen LogP contribution in [0.4, 0.5) is 18.9 Å². The third-order valence-corrected chi connectivity index (χ3v) is 9.60. The fourth-order valence-electron chi connectivity index (χ4n) is 5.69. The Labute approximate surface area is 262 Å². The van der Waals surface area contributed by atoms with E-state index in [9.17, 15) is 31.5 Å². The lowest BCUT2D eigenvalue weighted by molar-refractivity contribution is -0.137. The highest BCUT2D eigenvalue weighted by Gasteiger charge is 2.36. The van der Waals surface area contributed by atoms with Crippen molar-refractivity contribution in [2.75, 3.05) is 50.4 Å². The zero-order chi connectivity index (χ0) is 32.0. The topological polar surface area (TPSA) is 138 Å². The Morgan fingerprint density at radius 1 is 1.09 bits per heavy atom. The van der Waals surface area contributed by atoms with Crippen molar-refractivity contribution in [1.29, 1.82) is 0 Å². The molecule has 2 aliphatic heterocycles. The van der Waals surface area contributed by atoms with Crippen molar-refractivity contribution in [1.82, 2.24) is 24.0 Å². The van der Waals surface area contributed by atoms with Gasteiger partial charge in [0.15, 0.2) is 0 Å². The van der Waals surface area contributed by atoms with Gasteiger partial charge < -0.3 is 15.7 Å². The Morgan fingerprint density at radius 2 is 1.75 bits per heavy atom. The van der Waals surface area contributed by atoms with E-state index in [1.54, 1.807) is 4.68 Å². The minimum Gasteiger partial charge on any atom is -0.390 e. The van der Waals surface area contributed by atoms with E-state index in [1.165, 1.54) is 22.8 Å². The molecule has 2 aliphatic rings. The van der Waals surface area contributed by atoms with Crippen LogP contribution in [0.1, 0.15) is 27.2 Å². The molecule has 17 heteroatoms. The highest BCUT2D eigenvalue weighted by atomic mass is 35.5. The van der Waals surface area contributed by atoms with E-state index in [2.05, 4.69) is 19.9 Å². The molecular formula is C27H30Cl2F3N7O4S. The van der Waals surface area contributed by atoms with E-state index in [0.29, 0.717) is 59.7 Å². The van der Waals surface area contributed by atoms with Gasteiger partial charge in [0.05, 0.1) is 51.5 Å². The number of β-amino-alcohol motifs (C(OH)–C–C–N with tert-alkyl or cyclic N) is 1.